The molecule has 240 valence electrons. The van der Waals surface area contributed by atoms with Gasteiger partial charge in [-0.15, -0.1) is 0 Å². The molecule has 0 radical (unpaired) electrons. The predicted molar refractivity (Wildman–Crippen MR) is 158 cm³/mol. The van der Waals surface area contributed by atoms with Gasteiger partial charge in [-0.25, -0.2) is 9.97 Å². The molecule has 0 atom stereocenters. The fourth-order valence-corrected chi connectivity index (χ4v) is 4.61. The Morgan fingerprint density at radius 3 is 1.49 bits per heavy atom. The highest BCUT2D eigenvalue weighted by atomic mass is 16.4. The minimum absolute atomic E-state index is 0.139. The molecule has 2 N–H and O–H groups in total. The third-order valence-corrected chi connectivity index (χ3v) is 6.66. The summed E-state index contributed by atoms with van der Waals surface area (Å²) in [5.74, 6) is -3.28. The number of hydrogen-bond acceptors (Lipinski definition) is 9. The summed E-state index contributed by atoms with van der Waals surface area (Å²) in [5.41, 5.74) is 2.06. The third kappa shape index (κ3) is 11.1. The van der Waals surface area contributed by atoms with Crippen LogP contribution in [0.3, 0.4) is 0 Å². The Morgan fingerprint density at radius 1 is 0.667 bits per heavy atom. The Bertz CT molecular complexity index is 1410. The van der Waals surface area contributed by atoms with E-state index in [0.29, 0.717) is 18.2 Å². The lowest BCUT2D eigenvalue weighted by Crippen LogP contribution is -2.41. The highest BCUT2D eigenvalue weighted by Crippen LogP contribution is 2.15. The van der Waals surface area contributed by atoms with E-state index in [9.17, 15) is 28.8 Å². The van der Waals surface area contributed by atoms with Gasteiger partial charge in [-0.2, -0.15) is 0 Å². The topological polar surface area (TPSA) is 188 Å². The zero-order chi connectivity index (χ0) is 33.1. The first-order valence-electron chi connectivity index (χ1n) is 14.1. The summed E-state index contributed by atoms with van der Waals surface area (Å²) >= 11 is 0. The Kier molecular flexibility index (Phi) is 12.2. The Hall–Kier alpha value is -5.18. The van der Waals surface area contributed by atoms with Gasteiger partial charge < -0.3 is 29.1 Å². The molecule has 0 aliphatic rings. The quantitative estimate of drug-likeness (QED) is 0.202. The van der Waals surface area contributed by atoms with Crippen molar-refractivity contribution in [3.63, 3.8) is 0 Å². The number of imidazole rings is 2. The van der Waals surface area contributed by atoms with Crippen molar-refractivity contribution in [2.75, 3.05) is 26.2 Å². The van der Waals surface area contributed by atoms with Gasteiger partial charge in [0.05, 0.1) is 26.2 Å². The third-order valence-electron chi connectivity index (χ3n) is 6.66. The Labute approximate surface area is 259 Å². The molecule has 0 spiro atoms. The van der Waals surface area contributed by atoms with Crippen molar-refractivity contribution < 1.29 is 39.0 Å². The van der Waals surface area contributed by atoms with Crippen LogP contribution in [0, 0.1) is 6.92 Å². The molecular weight excluding hydrogens is 586 g/mol. The van der Waals surface area contributed by atoms with Gasteiger partial charge >= 0.3 is 11.9 Å². The number of Topliss-reactive ketones (excluding diaryl/α,β-unsaturated/α-hetero) is 2. The van der Waals surface area contributed by atoms with E-state index in [1.165, 1.54) is 29.5 Å². The number of aromatic nitrogens is 4. The SMILES string of the molecule is CC(=O)CN(CC(C)=O)C(=O)Cn1ccnc1CN(Cc1ccc(C)cc1)Cc1nccn1CC(=O)N(CC(=O)O)CC(=O)O. The van der Waals surface area contributed by atoms with Crippen LogP contribution in [0.25, 0.3) is 0 Å². The highest BCUT2D eigenvalue weighted by Gasteiger charge is 2.23. The molecule has 45 heavy (non-hydrogen) atoms. The first kappa shape index (κ1) is 34.3. The summed E-state index contributed by atoms with van der Waals surface area (Å²) in [6.07, 6.45) is 6.22. The maximum absolute atomic E-state index is 13.1. The number of amides is 2. The number of carbonyl (C=O) groups is 6. The van der Waals surface area contributed by atoms with Gasteiger partial charge in [0.1, 0.15) is 49.4 Å². The number of carbonyl (C=O) groups excluding carboxylic acids is 4. The second-order valence-corrected chi connectivity index (χ2v) is 10.8. The molecule has 2 amide bonds. The summed E-state index contributed by atoms with van der Waals surface area (Å²) in [7, 11) is 0. The number of carboxylic acid groups (broad SMARTS) is 2. The van der Waals surface area contributed by atoms with Crippen LogP contribution in [0.5, 0.6) is 0 Å². The molecule has 3 aromatic rings. The average molecular weight is 624 g/mol. The van der Waals surface area contributed by atoms with Gasteiger partial charge in [-0.1, -0.05) is 29.8 Å². The second-order valence-electron chi connectivity index (χ2n) is 10.8. The normalized spacial score (nSPS) is 10.9. The Balaban J connectivity index is 1.84. The summed E-state index contributed by atoms with van der Waals surface area (Å²) < 4.78 is 3.17. The van der Waals surface area contributed by atoms with Crippen LogP contribution >= 0.6 is 0 Å². The lowest BCUT2D eigenvalue weighted by atomic mass is 10.1. The molecule has 2 heterocycles. The van der Waals surface area contributed by atoms with Crippen LogP contribution in [-0.4, -0.2) is 106 Å². The van der Waals surface area contributed by atoms with Crippen LogP contribution < -0.4 is 0 Å². The van der Waals surface area contributed by atoms with E-state index in [1.807, 2.05) is 36.1 Å². The van der Waals surface area contributed by atoms with E-state index in [1.54, 1.807) is 23.2 Å². The number of benzene rings is 1. The van der Waals surface area contributed by atoms with Crippen molar-refractivity contribution in [1.82, 2.24) is 33.8 Å². The molecule has 0 saturated carbocycles. The van der Waals surface area contributed by atoms with Crippen LogP contribution in [0.2, 0.25) is 0 Å². The van der Waals surface area contributed by atoms with Gasteiger partial charge in [0.15, 0.2) is 0 Å². The van der Waals surface area contributed by atoms with Crippen LogP contribution in [0.15, 0.2) is 49.1 Å². The minimum atomic E-state index is -1.33. The number of rotatable bonds is 18. The summed E-state index contributed by atoms with van der Waals surface area (Å²) in [6.45, 7) is 3.23. The monoisotopic (exact) mass is 623 g/mol. The number of aryl methyl sites for hydroxylation is 1. The molecule has 15 heteroatoms. The zero-order valence-corrected chi connectivity index (χ0v) is 25.5. The summed E-state index contributed by atoms with van der Waals surface area (Å²) in [4.78, 5) is 84.6. The highest BCUT2D eigenvalue weighted by molar-refractivity contribution is 5.89. The summed E-state index contributed by atoms with van der Waals surface area (Å²) in [6, 6.07) is 7.91. The predicted octanol–water partition coefficient (Wildman–Crippen LogP) is 0.595. The van der Waals surface area contributed by atoms with Crippen LogP contribution in [0.4, 0.5) is 0 Å². The fourth-order valence-electron chi connectivity index (χ4n) is 4.61. The van der Waals surface area contributed by atoms with Gasteiger partial charge in [0.2, 0.25) is 11.8 Å². The standard InChI is InChI=1S/C30H37N7O8/c1-21-4-6-24(7-5-21)14-33(15-25-31-8-10-34(25)17-27(40)36(12-22(2)38)13-23(3)39)16-26-32-9-11-35(26)18-28(41)37(19-29(42)43)20-30(44)45/h4-11H,12-20H2,1-3H3,(H,42,43)(H,44,45). The van der Waals surface area contributed by atoms with E-state index in [2.05, 4.69) is 9.97 Å². The molecule has 15 nitrogen and oxygen atoms in total. The minimum Gasteiger partial charge on any atom is -0.480 e. The number of hydrogen-bond donors (Lipinski definition) is 2. The first-order valence-corrected chi connectivity index (χ1v) is 14.1. The maximum atomic E-state index is 13.1. The van der Waals surface area contributed by atoms with E-state index in [-0.39, 0.29) is 50.8 Å². The van der Waals surface area contributed by atoms with Crippen LogP contribution in [0.1, 0.15) is 36.6 Å². The van der Waals surface area contributed by atoms with Crippen molar-refractivity contribution in [3.05, 3.63) is 71.8 Å². The molecule has 0 unspecified atom stereocenters. The molecule has 0 aliphatic heterocycles. The Morgan fingerprint density at radius 2 is 1.09 bits per heavy atom. The molecule has 0 fully saturated rings. The van der Waals surface area contributed by atoms with Crippen molar-refractivity contribution in [2.45, 2.75) is 53.5 Å². The van der Waals surface area contributed by atoms with Crippen molar-refractivity contribution >= 4 is 35.3 Å². The van der Waals surface area contributed by atoms with E-state index in [0.717, 1.165) is 16.0 Å². The van der Waals surface area contributed by atoms with E-state index < -0.39 is 36.8 Å². The molecule has 2 aromatic heterocycles. The van der Waals surface area contributed by atoms with Crippen molar-refractivity contribution in [1.29, 1.82) is 0 Å². The molecule has 0 aliphatic carbocycles. The lowest BCUT2D eigenvalue weighted by Gasteiger charge is -2.24. The van der Waals surface area contributed by atoms with Crippen LogP contribution in [-0.2, 0) is 61.5 Å². The van der Waals surface area contributed by atoms with Gasteiger partial charge in [0, 0.05) is 31.3 Å². The largest absolute Gasteiger partial charge is 0.480 e. The zero-order valence-electron chi connectivity index (χ0n) is 25.5. The molecule has 3 rings (SSSR count). The van der Waals surface area contributed by atoms with E-state index in [4.69, 9.17) is 10.2 Å². The van der Waals surface area contributed by atoms with Gasteiger partial charge in [0.25, 0.3) is 0 Å². The molecular formula is C30H37N7O8. The number of ketones is 2. The fraction of sp³-hybridized carbons (Fsp3) is 0.400. The molecule has 0 bridgehead atoms. The second kappa shape index (κ2) is 16.0. The molecule has 0 saturated heterocycles. The average Bonchev–Trinajstić information content (AvgIpc) is 3.56. The summed E-state index contributed by atoms with van der Waals surface area (Å²) in [5, 5.41) is 18.3. The van der Waals surface area contributed by atoms with Crippen molar-refractivity contribution in [2.24, 2.45) is 0 Å². The van der Waals surface area contributed by atoms with Crippen molar-refractivity contribution in [3.8, 4) is 0 Å². The van der Waals surface area contributed by atoms with Gasteiger partial charge in [-0.05, 0) is 26.3 Å². The molecule has 1 aromatic carbocycles. The maximum Gasteiger partial charge on any atom is 0.323 e. The first-order chi connectivity index (χ1) is 21.3. The number of aliphatic carboxylic acids is 2. The van der Waals surface area contributed by atoms with E-state index >= 15 is 0 Å². The van der Waals surface area contributed by atoms with Gasteiger partial charge in [-0.3, -0.25) is 33.7 Å². The lowest BCUT2D eigenvalue weighted by molar-refractivity contribution is -0.149. The number of carboxylic acids is 2. The number of nitrogens with zero attached hydrogens (tertiary/aromatic N) is 7. The smallest absolute Gasteiger partial charge is 0.323 e.